The fraction of sp³-hybridized carbons (Fsp3) is 0.756. The summed E-state index contributed by atoms with van der Waals surface area (Å²) in [6, 6.07) is 0. The molecule has 2 aromatic heterocycles. The molecule has 0 aliphatic carbocycles. The number of ether oxygens (including phenoxy) is 1. The van der Waals surface area contributed by atoms with Crippen LogP contribution < -0.4 is 35.9 Å². The van der Waals surface area contributed by atoms with Crippen LogP contribution in [0, 0.1) is 5.41 Å². The second kappa shape index (κ2) is 30.4. The topological polar surface area (TPSA) is 375 Å². The van der Waals surface area contributed by atoms with Gasteiger partial charge in [-0.25, -0.2) is 19.3 Å². The van der Waals surface area contributed by atoms with E-state index in [1.165, 1.54) is 90.9 Å². The van der Waals surface area contributed by atoms with E-state index in [0.29, 0.717) is 12.2 Å². The number of aliphatic hydroxyl groups is 2. The molecule has 6 N–H and O–H groups in total. The molecule has 1 fully saturated rings. The van der Waals surface area contributed by atoms with E-state index in [0.717, 1.165) is 48.2 Å². The largest absolute Gasteiger partial charge is 0.790 e. The number of amides is 2. The molecule has 2 amide bonds. The number of nitrogen functional groups attached to an aromatic ring is 1. The fourth-order valence-electron chi connectivity index (χ4n) is 7.04. The Bertz CT molecular complexity index is 2080. The van der Waals surface area contributed by atoms with E-state index in [4.69, 9.17) is 10.5 Å². The molecule has 3 rings (SSSR count). The number of allylic oxidation sites excluding steroid dienone is 2. The number of carbonyl (C=O) groups is 3. The Morgan fingerprint density at radius 3 is 2.13 bits per heavy atom. The molecule has 0 aromatic carbocycles. The second-order valence-electron chi connectivity index (χ2n) is 17.2. The molecule has 2 aromatic rings. The molecule has 0 bridgehead atoms. The zero-order valence-electron chi connectivity index (χ0n) is 39.4. The van der Waals surface area contributed by atoms with Crippen molar-refractivity contribution in [1.29, 1.82) is 0 Å². The van der Waals surface area contributed by atoms with Crippen LogP contribution in [0.2, 0.25) is 0 Å². The maximum absolute atomic E-state index is 12.6. The van der Waals surface area contributed by atoms with Crippen molar-refractivity contribution in [2.24, 2.45) is 5.41 Å². The van der Waals surface area contributed by atoms with E-state index in [9.17, 15) is 57.9 Å². The van der Waals surface area contributed by atoms with E-state index >= 15 is 0 Å². The summed E-state index contributed by atoms with van der Waals surface area (Å²) in [6.07, 6.45) is 15.5. The summed E-state index contributed by atoms with van der Waals surface area (Å²) in [5.74, 6) is -1.13. The molecule has 3 heterocycles. The van der Waals surface area contributed by atoms with E-state index < -0.39 is 84.6 Å². The number of thioether (sulfide) groups is 1. The number of hydrogen-bond donors (Lipinski definition) is 5. The van der Waals surface area contributed by atoms with Crippen molar-refractivity contribution in [3.63, 3.8) is 0 Å². The normalized spacial score (nSPS) is 20.0. The Kier molecular flexibility index (Phi) is 26.7. The third kappa shape index (κ3) is 23.2. The van der Waals surface area contributed by atoms with Gasteiger partial charge in [-0.3, -0.25) is 28.1 Å². The number of aliphatic hydroxyl groups excluding tert-OH is 2. The van der Waals surface area contributed by atoms with Gasteiger partial charge in [-0.1, -0.05) is 109 Å². The van der Waals surface area contributed by atoms with Gasteiger partial charge in [-0.05, 0) is 32.1 Å². The maximum atomic E-state index is 12.6. The lowest BCUT2D eigenvalue weighted by molar-refractivity contribution is -0.347. The Labute approximate surface area is 407 Å². The van der Waals surface area contributed by atoms with Crippen LogP contribution in [0.3, 0.4) is 0 Å². The Morgan fingerprint density at radius 2 is 1.49 bits per heavy atom. The van der Waals surface area contributed by atoms with Crippen LogP contribution in [0.4, 0.5) is 5.82 Å². The highest BCUT2D eigenvalue weighted by molar-refractivity contribution is 8.13. The molecule has 7 atom stereocenters. The lowest BCUT2D eigenvalue weighted by Crippen LogP contribution is -2.46. The highest BCUT2D eigenvalue weighted by atomic mass is 32.2. The van der Waals surface area contributed by atoms with Gasteiger partial charge in [0.05, 0.1) is 27.4 Å². The van der Waals surface area contributed by atoms with Crippen LogP contribution in [0.5, 0.6) is 0 Å². The van der Waals surface area contributed by atoms with Crippen molar-refractivity contribution in [2.75, 3.05) is 37.8 Å². The standard InChI is InChI=1S/C41H72N7O17P3S/c1-4-5-6-7-8-9-10-11-12-13-14-15-16-17-18-19-20-21-32(50)69-25-24-43-31(49)22-23-44-39(53)36(52)41(2,3)27-62-68(59,60)65-67(57,58)61-26-30-35(64-66(54,55)56)34(51)40(63-30)48-29-47-33-37(42)45-28-46-38(33)48/h9-10,28-30,34-36,40,51-52H,4-8,11-27H2,1-3H3,(H,43,49)(H,44,53)(H,57,58)(H,59,60)(H2,42,45,46)(H2,54,55,56)/p-4/b10-9-/t30-,34-,35-,36+,40-/m1/s1. The smallest absolute Gasteiger partial charge is 0.274 e. The monoisotopic (exact) mass is 1060 g/mol. The van der Waals surface area contributed by atoms with Crippen LogP contribution in [0.25, 0.3) is 11.2 Å². The van der Waals surface area contributed by atoms with Gasteiger partial charge in [0, 0.05) is 37.1 Å². The first kappa shape index (κ1) is 60.6. The summed E-state index contributed by atoms with van der Waals surface area (Å²) in [5, 5.41) is 26.5. The van der Waals surface area contributed by atoms with Crippen LogP contribution in [-0.4, -0.2) is 103 Å². The number of aromatic nitrogens is 4. The van der Waals surface area contributed by atoms with Gasteiger partial charge in [0.2, 0.25) is 11.8 Å². The number of anilines is 1. The average molecular weight is 1060 g/mol. The summed E-state index contributed by atoms with van der Waals surface area (Å²) >= 11 is 1.14. The number of imidazole rings is 1. The summed E-state index contributed by atoms with van der Waals surface area (Å²) in [6.45, 7) is 2.40. The molecular formula is C41H68N7O17P3S-4. The van der Waals surface area contributed by atoms with Crippen molar-refractivity contribution in [1.82, 2.24) is 30.2 Å². The molecule has 69 heavy (non-hydrogen) atoms. The van der Waals surface area contributed by atoms with Gasteiger partial charge in [-0.15, -0.1) is 0 Å². The lowest BCUT2D eigenvalue weighted by atomic mass is 9.87. The van der Waals surface area contributed by atoms with Crippen LogP contribution in [0.1, 0.15) is 136 Å². The first-order valence-corrected chi connectivity index (χ1v) is 28.5. The van der Waals surface area contributed by atoms with Gasteiger partial charge >= 0.3 is 0 Å². The first-order chi connectivity index (χ1) is 32.6. The Morgan fingerprint density at radius 1 is 0.884 bits per heavy atom. The van der Waals surface area contributed by atoms with Crippen molar-refractivity contribution in [3.8, 4) is 0 Å². The zero-order valence-corrected chi connectivity index (χ0v) is 42.9. The van der Waals surface area contributed by atoms with E-state index in [1.54, 1.807) is 0 Å². The minimum Gasteiger partial charge on any atom is -0.790 e. The molecule has 0 radical (unpaired) electrons. The molecule has 394 valence electrons. The number of nitrogens with zero attached hydrogens (tertiary/aromatic N) is 4. The van der Waals surface area contributed by atoms with Gasteiger partial charge < -0.3 is 69.0 Å². The molecule has 0 spiro atoms. The number of fused-ring (bicyclic) bond motifs is 1. The molecule has 28 heteroatoms. The van der Waals surface area contributed by atoms with E-state index in [-0.39, 0.29) is 41.6 Å². The fourth-order valence-corrected chi connectivity index (χ4v) is 10.5. The van der Waals surface area contributed by atoms with Crippen LogP contribution in [-0.2, 0) is 50.7 Å². The van der Waals surface area contributed by atoms with Crippen molar-refractivity contribution < 1.29 is 80.5 Å². The van der Waals surface area contributed by atoms with Crippen LogP contribution in [0.15, 0.2) is 24.8 Å². The Balaban J connectivity index is 1.27. The Hall–Kier alpha value is -2.70. The second-order valence-corrected chi connectivity index (χ2v) is 22.5. The van der Waals surface area contributed by atoms with Crippen molar-refractivity contribution in [3.05, 3.63) is 24.8 Å². The molecule has 0 saturated carbocycles. The van der Waals surface area contributed by atoms with E-state index in [1.807, 2.05) is 0 Å². The molecule has 24 nitrogen and oxygen atoms in total. The highest BCUT2D eigenvalue weighted by Crippen LogP contribution is 2.56. The van der Waals surface area contributed by atoms with Gasteiger partial charge in [0.25, 0.3) is 15.6 Å². The van der Waals surface area contributed by atoms with Gasteiger partial charge in [0.15, 0.2) is 22.8 Å². The summed E-state index contributed by atoms with van der Waals surface area (Å²) in [5.41, 5.74) is 4.09. The number of hydrogen-bond acceptors (Lipinski definition) is 22. The zero-order chi connectivity index (χ0) is 51.1. The molecule has 1 aliphatic heterocycles. The van der Waals surface area contributed by atoms with Crippen molar-refractivity contribution in [2.45, 2.75) is 161 Å². The summed E-state index contributed by atoms with van der Waals surface area (Å²) in [4.78, 5) is 96.9. The SMILES string of the molecule is CCCCCC/C=C\CCCCCCCCCCCC(=O)SCCNC(=O)CCNC(=O)[C@H](O)C(C)(C)COP(=O)([O-])OP(=O)([O-])OC[C@H]1O[C@@H](n2cnc3c(N)ncnc32)[C@H](O)[C@@H]1OP(=O)([O-])[O-]. The van der Waals surface area contributed by atoms with Crippen molar-refractivity contribution >= 4 is 69.1 Å². The minimum absolute atomic E-state index is 0.0184. The van der Waals surface area contributed by atoms with Crippen LogP contribution >= 0.6 is 35.2 Å². The summed E-state index contributed by atoms with van der Waals surface area (Å²) in [7, 11) is -17.6. The van der Waals surface area contributed by atoms with Gasteiger partial charge in [0.1, 0.15) is 36.3 Å². The summed E-state index contributed by atoms with van der Waals surface area (Å²) < 4.78 is 60.9. The number of unbranched alkanes of at least 4 members (excludes halogenated alkanes) is 13. The maximum Gasteiger partial charge on any atom is 0.274 e. The van der Waals surface area contributed by atoms with E-state index in [2.05, 4.69) is 62.5 Å². The third-order valence-electron chi connectivity index (χ3n) is 10.9. The third-order valence-corrected chi connectivity index (χ3v) is 14.8. The number of carbonyl (C=O) groups excluding carboxylic acids is 3. The lowest BCUT2D eigenvalue weighted by Gasteiger charge is -2.36. The molecular weight excluding hydrogens is 987 g/mol. The average Bonchev–Trinajstić information content (AvgIpc) is 3.84. The number of phosphoric acid groups is 3. The number of nitrogens with one attached hydrogen (secondary N) is 2. The number of nitrogens with two attached hydrogens (primary N) is 1. The molecule has 2 unspecified atom stereocenters. The highest BCUT2D eigenvalue weighted by Gasteiger charge is 2.47. The number of phosphoric ester groups is 3. The molecule has 1 saturated heterocycles. The predicted molar refractivity (Wildman–Crippen MR) is 247 cm³/mol. The van der Waals surface area contributed by atoms with Gasteiger partial charge in [-0.2, -0.15) is 0 Å². The first-order valence-electron chi connectivity index (χ1n) is 23.2. The quantitative estimate of drug-likeness (QED) is 0.0372. The molecule has 1 aliphatic rings. The minimum atomic E-state index is -5.92. The predicted octanol–water partition coefficient (Wildman–Crippen LogP) is 2.95. The number of rotatable bonds is 36.